The lowest BCUT2D eigenvalue weighted by Gasteiger charge is -2.04. The van der Waals surface area contributed by atoms with E-state index in [4.69, 9.17) is 0 Å². The zero-order valence-electron chi connectivity index (χ0n) is 11.6. The number of anilines is 1. The molecule has 2 N–H and O–H groups in total. The maximum absolute atomic E-state index is 4.57. The first kappa shape index (κ1) is 12.9. The van der Waals surface area contributed by atoms with Crippen LogP contribution in [-0.4, -0.2) is 27.0 Å². The molecule has 102 valence electrons. The van der Waals surface area contributed by atoms with E-state index < -0.39 is 0 Å². The largest absolute Gasteiger partial charge is 0.357 e. The molecule has 3 aromatic rings. The zero-order valence-corrected chi connectivity index (χ0v) is 12.4. The Bertz CT molecular complexity index is 765. The molecule has 5 nitrogen and oxygen atoms in total. The van der Waals surface area contributed by atoms with Gasteiger partial charge in [0.25, 0.3) is 0 Å². The topological polar surface area (TPSA) is 66.5 Å². The second kappa shape index (κ2) is 5.13. The number of rotatable bonds is 3. The summed E-state index contributed by atoms with van der Waals surface area (Å²) < 4.78 is 0. The van der Waals surface area contributed by atoms with E-state index in [0.717, 1.165) is 26.8 Å². The van der Waals surface area contributed by atoms with Gasteiger partial charge >= 0.3 is 0 Å². The Balaban J connectivity index is 1.96. The SMILES string of the molecule is CNc1ncc(C)c(Sc2nc3ccc(C)cc3[nH]2)n1. The predicted octanol–water partition coefficient (Wildman–Crippen LogP) is 3.16. The fourth-order valence-corrected chi connectivity index (χ4v) is 2.72. The monoisotopic (exact) mass is 285 g/mol. The van der Waals surface area contributed by atoms with Crippen molar-refractivity contribution in [1.29, 1.82) is 0 Å². The highest BCUT2D eigenvalue weighted by Gasteiger charge is 2.09. The Morgan fingerprint density at radius 3 is 2.85 bits per heavy atom. The Morgan fingerprint density at radius 2 is 2.05 bits per heavy atom. The zero-order chi connectivity index (χ0) is 14.1. The number of hydrogen-bond donors (Lipinski definition) is 2. The number of aromatic amines is 1. The van der Waals surface area contributed by atoms with Crippen LogP contribution in [0.5, 0.6) is 0 Å². The summed E-state index contributed by atoms with van der Waals surface area (Å²) in [6.07, 6.45) is 1.81. The molecule has 6 heteroatoms. The first-order valence-corrected chi connectivity index (χ1v) is 7.13. The number of aromatic nitrogens is 4. The van der Waals surface area contributed by atoms with E-state index in [1.54, 1.807) is 0 Å². The number of fused-ring (bicyclic) bond motifs is 1. The molecule has 0 atom stereocenters. The van der Waals surface area contributed by atoms with Crippen molar-refractivity contribution in [3.63, 3.8) is 0 Å². The molecule has 0 aliphatic rings. The quantitative estimate of drug-likeness (QED) is 0.724. The number of H-pyrrole nitrogens is 1. The van der Waals surface area contributed by atoms with Gasteiger partial charge in [0.15, 0.2) is 5.16 Å². The molecule has 0 bridgehead atoms. The molecule has 0 aliphatic carbocycles. The summed E-state index contributed by atoms with van der Waals surface area (Å²) in [5.74, 6) is 0.616. The van der Waals surface area contributed by atoms with Crippen molar-refractivity contribution in [2.24, 2.45) is 0 Å². The van der Waals surface area contributed by atoms with Crippen LogP contribution in [0.4, 0.5) is 5.95 Å². The van der Waals surface area contributed by atoms with Crippen LogP contribution < -0.4 is 5.32 Å². The van der Waals surface area contributed by atoms with Crippen molar-refractivity contribution in [1.82, 2.24) is 19.9 Å². The van der Waals surface area contributed by atoms with E-state index in [0.29, 0.717) is 5.95 Å². The van der Waals surface area contributed by atoms with Crippen LogP contribution in [0.15, 0.2) is 34.6 Å². The van der Waals surface area contributed by atoms with Crippen molar-refractivity contribution in [2.45, 2.75) is 24.0 Å². The second-order valence-corrected chi connectivity index (χ2v) is 5.57. The minimum absolute atomic E-state index is 0.616. The van der Waals surface area contributed by atoms with E-state index in [1.165, 1.54) is 17.3 Å². The highest BCUT2D eigenvalue weighted by Crippen LogP contribution is 2.28. The third-order valence-electron chi connectivity index (χ3n) is 2.96. The Kier molecular flexibility index (Phi) is 3.31. The summed E-state index contributed by atoms with van der Waals surface area (Å²) in [6.45, 7) is 4.06. The van der Waals surface area contributed by atoms with Gasteiger partial charge in [-0.15, -0.1) is 0 Å². The van der Waals surface area contributed by atoms with Gasteiger partial charge in [-0.3, -0.25) is 0 Å². The number of nitrogens with zero attached hydrogens (tertiary/aromatic N) is 3. The summed E-state index contributed by atoms with van der Waals surface area (Å²) >= 11 is 1.52. The molecule has 0 fully saturated rings. The van der Waals surface area contributed by atoms with Crippen LogP contribution >= 0.6 is 11.8 Å². The molecule has 2 aromatic heterocycles. The minimum Gasteiger partial charge on any atom is -0.357 e. The Hall–Kier alpha value is -2.08. The number of benzene rings is 1. The lowest BCUT2D eigenvalue weighted by molar-refractivity contribution is 0.990. The molecule has 0 saturated heterocycles. The molecule has 20 heavy (non-hydrogen) atoms. The molecule has 1 aromatic carbocycles. The Labute approximate surface area is 121 Å². The number of aryl methyl sites for hydroxylation is 2. The van der Waals surface area contributed by atoms with E-state index in [1.807, 2.05) is 26.2 Å². The fourth-order valence-electron chi connectivity index (χ4n) is 1.89. The number of imidazole rings is 1. The lowest BCUT2D eigenvalue weighted by atomic mass is 10.2. The van der Waals surface area contributed by atoms with Crippen LogP contribution in [0.2, 0.25) is 0 Å². The maximum atomic E-state index is 4.57. The first-order valence-electron chi connectivity index (χ1n) is 6.31. The molecule has 0 amide bonds. The predicted molar refractivity (Wildman–Crippen MR) is 81.3 cm³/mol. The average Bonchev–Trinajstić information content (AvgIpc) is 2.82. The van der Waals surface area contributed by atoms with Gasteiger partial charge in [0, 0.05) is 18.8 Å². The van der Waals surface area contributed by atoms with E-state index in [2.05, 4.69) is 44.3 Å². The van der Waals surface area contributed by atoms with Gasteiger partial charge in [-0.05, 0) is 43.3 Å². The van der Waals surface area contributed by atoms with Gasteiger partial charge in [-0.25, -0.2) is 15.0 Å². The van der Waals surface area contributed by atoms with Crippen molar-refractivity contribution in [3.8, 4) is 0 Å². The lowest BCUT2D eigenvalue weighted by Crippen LogP contribution is -1.98. The van der Waals surface area contributed by atoms with Crippen LogP contribution in [0.1, 0.15) is 11.1 Å². The van der Waals surface area contributed by atoms with Gasteiger partial charge in [-0.1, -0.05) is 6.07 Å². The molecule has 0 spiro atoms. The van der Waals surface area contributed by atoms with Crippen LogP contribution in [0.3, 0.4) is 0 Å². The standard InChI is InChI=1S/C14H15N5S/c1-8-4-5-10-11(6-8)18-14(17-10)20-12-9(2)7-16-13(15-3)19-12/h4-7H,1-3H3,(H,17,18)(H,15,16,19). The Morgan fingerprint density at radius 1 is 1.20 bits per heavy atom. The normalized spacial score (nSPS) is 10.9. The molecule has 0 saturated carbocycles. The fraction of sp³-hybridized carbons (Fsp3) is 0.214. The first-order chi connectivity index (χ1) is 9.65. The number of nitrogens with one attached hydrogen (secondary N) is 2. The van der Waals surface area contributed by atoms with E-state index >= 15 is 0 Å². The molecule has 0 aliphatic heterocycles. The molecule has 0 unspecified atom stereocenters. The second-order valence-electron chi connectivity index (χ2n) is 4.60. The summed E-state index contributed by atoms with van der Waals surface area (Å²) in [5, 5.41) is 4.69. The third-order valence-corrected chi connectivity index (χ3v) is 3.95. The van der Waals surface area contributed by atoms with Gasteiger partial charge in [0.2, 0.25) is 5.95 Å². The van der Waals surface area contributed by atoms with Crippen molar-refractivity contribution in [2.75, 3.05) is 12.4 Å². The van der Waals surface area contributed by atoms with E-state index in [9.17, 15) is 0 Å². The van der Waals surface area contributed by atoms with Crippen LogP contribution in [0, 0.1) is 13.8 Å². The van der Waals surface area contributed by atoms with Crippen molar-refractivity contribution in [3.05, 3.63) is 35.5 Å². The van der Waals surface area contributed by atoms with Gasteiger partial charge < -0.3 is 10.3 Å². The van der Waals surface area contributed by atoms with Crippen molar-refractivity contribution < 1.29 is 0 Å². The highest BCUT2D eigenvalue weighted by molar-refractivity contribution is 7.99. The van der Waals surface area contributed by atoms with Crippen molar-refractivity contribution >= 4 is 28.7 Å². The molecule has 2 heterocycles. The molecule has 3 rings (SSSR count). The third kappa shape index (κ3) is 2.46. The van der Waals surface area contributed by atoms with Gasteiger partial charge in [0.1, 0.15) is 5.03 Å². The van der Waals surface area contributed by atoms with Gasteiger partial charge in [-0.2, -0.15) is 0 Å². The maximum Gasteiger partial charge on any atom is 0.223 e. The van der Waals surface area contributed by atoms with Crippen LogP contribution in [-0.2, 0) is 0 Å². The minimum atomic E-state index is 0.616. The molecular formula is C14H15N5S. The summed E-state index contributed by atoms with van der Waals surface area (Å²) in [7, 11) is 1.81. The summed E-state index contributed by atoms with van der Waals surface area (Å²) in [4.78, 5) is 16.5. The highest BCUT2D eigenvalue weighted by atomic mass is 32.2. The molecule has 0 radical (unpaired) electrons. The molecular weight excluding hydrogens is 270 g/mol. The smallest absolute Gasteiger partial charge is 0.223 e. The number of hydrogen-bond acceptors (Lipinski definition) is 5. The average molecular weight is 285 g/mol. The van der Waals surface area contributed by atoms with Gasteiger partial charge in [0.05, 0.1) is 11.0 Å². The van der Waals surface area contributed by atoms with Crippen LogP contribution in [0.25, 0.3) is 11.0 Å². The summed E-state index contributed by atoms with van der Waals surface area (Å²) in [6, 6.07) is 6.18. The van der Waals surface area contributed by atoms with E-state index in [-0.39, 0.29) is 0 Å². The summed E-state index contributed by atoms with van der Waals surface area (Å²) in [5.41, 5.74) is 4.27.